The molecule has 0 aliphatic carbocycles. The van der Waals surface area contributed by atoms with Crippen LogP contribution in [0, 0.1) is 25.2 Å². The van der Waals surface area contributed by atoms with E-state index in [1.54, 1.807) is 0 Å². The van der Waals surface area contributed by atoms with Crippen LogP contribution in [0.2, 0.25) is 0 Å². The molecule has 0 spiro atoms. The van der Waals surface area contributed by atoms with Gasteiger partial charge in [0.15, 0.2) is 11.5 Å². The molecule has 0 bridgehead atoms. The van der Waals surface area contributed by atoms with E-state index in [-0.39, 0.29) is 5.88 Å². The van der Waals surface area contributed by atoms with Crippen molar-refractivity contribution >= 4 is 0 Å². The molecule has 3 N–H and O–H groups in total. The minimum Gasteiger partial charge on any atom is -0.490 e. The second-order valence-electron chi connectivity index (χ2n) is 7.41. The van der Waals surface area contributed by atoms with Gasteiger partial charge in [0.1, 0.15) is 18.2 Å². The monoisotopic (exact) mass is 416 g/mol. The molecule has 2 aromatic carbocycles. The zero-order chi connectivity index (χ0) is 22.0. The molecule has 1 aromatic heterocycles. The zero-order valence-corrected chi connectivity index (χ0v) is 17.7. The van der Waals surface area contributed by atoms with Gasteiger partial charge in [-0.3, -0.25) is 5.10 Å². The number of nitrogens with one attached hydrogen (secondary N) is 1. The summed E-state index contributed by atoms with van der Waals surface area (Å²) in [6.45, 7) is 6.77. The van der Waals surface area contributed by atoms with Crippen molar-refractivity contribution in [2.75, 3.05) is 6.61 Å². The highest BCUT2D eigenvalue weighted by molar-refractivity contribution is 5.57. The maximum absolute atomic E-state index is 9.75. The van der Waals surface area contributed by atoms with Crippen LogP contribution in [0.1, 0.15) is 40.8 Å². The average Bonchev–Trinajstić information content (AvgIpc) is 3.12. The number of nitriles is 1. The standard InChI is InChI=1S/C24H24N4O3/c1-4-29-20-11-17(8-9-19(20)30-13-16-7-5-6-14(2)10-16)22-18(12-25)23(26)31-24-21(22)15(3)27-28-24/h5-11,22H,4,13,26H2,1-3H3,(H,27,28). The van der Waals surface area contributed by atoms with Crippen molar-refractivity contribution < 1.29 is 14.2 Å². The lowest BCUT2D eigenvalue weighted by Gasteiger charge is -2.24. The van der Waals surface area contributed by atoms with E-state index in [0.717, 1.165) is 22.4 Å². The Kier molecular flexibility index (Phi) is 5.54. The molecule has 2 heterocycles. The second kappa shape index (κ2) is 8.44. The van der Waals surface area contributed by atoms with E-state index in [4.69, 9.17) is 19.9 Å². The van der Waals surface area contributed by atoms with E-state index in [1.165, 1.54) is 5.56 Å². The van der Waals surface area contributed by atoms with Crippen molar-refractivity contribution in [2.24, 2.45) is 5.73 Å². The van der Waals surface area contributed by atoms with Gasteiger partial charge in [-0.05, 0) is 44.0 Å². The highest BCUT2D eigenvalue weighted by Gasteiger charge is 2.34. The topological polar surface area (TPSA) is 106 Å². The zero-order valence-electron chi connectivity index (χ0n) is 17.7. The molecule has 0 saturated heterocycles. The molecule has 158 valence electrons. The Balaban J connectivity index is 1.70. The molecule has 4 rings (SSSR count). The van der Waals surface area contributed by atoms with Crippen LogP contribution in [0.4, 0.5) is 0 Å². The Hall–Kier alpha value is -3.92. The van der Waals surface area contributed by atoms with Gasteiger partial charge in [-0.1, -0.05) is 35.9 Å². The average molecular weight is 416 g/mol. The lowest BCUT2D eigenvalue weighted by atomic mass is 9.84. The Bertz CT molecular complexity index is 1190. The van der Waals surface area contributed by atoms with Crippen LogP contribution < -0.4 is 19.9 Å². The maximum Gasteiger partial charge on any atom is 0.244 e. The van der Waals surface area contributed by atoms with Gasteiger partial charge < -0.3 is 19.9 Å². The first-order valence-electron chi connectivity index (χ1n) is 10.1. The summed E-state index contributed by atoms with van der Waals surface area (Å²) in [6.07, 6.45) is 0. The second-order valence-corrected chi connectivity index (χ2v) is 7.41. The molecule has 31 heavy (non-hydrogen) atoms. The van der Waals surface area contributed by atoms with Gasteiger partial charge in [-0.15, -0.1) is 5.10 Å². The number of nitrogens with two attached hydrogens (primary N) is 1. The van der Waals surface area contributed by atoms with Crippen molar-refractivity contribution in [1.82, 2.24) is 10.2 Å². The minimum absolute atomic E-state index is 0.0595. The van der Waals surface area contributed by atoms with Crippen LogP contribution in [-0.4, -0.2) is 16.8 Å². The minimum atomic E-state index is -0.405. The van der Waals surface area contributed by atoms with Crippen LogP contribution in [0.25, 0.3) is 0 Å². The number of nitrogens with zero attached hydrogens (tertiary/aromatic N) is 2. The molecule has 0 saturated carbocycles. The molecule has 7 heteroatoms. The summed E-state index contributed by atoms with van der Waals surface area (Å²) < 4.78 is 17.5. The SMILES string of the molecule is CCOc1cc(C2C(C#N)=C(N)Oc3n[nH]c(C)c32)ccc1OCc1cccc(C)c1. The number of benzene rings is 2. The number of H-pyrrole nitrogens is 1. The first-order chi connectivity index (χ1) is 15.0. The maximum atomic E-state index is 9.75. The molecule has 1 atom stereocenters. The molecule has 0 radical (unpaired) electrons. The molecular weight excluding hydrogens is 392 g/mol. The molecule has 0 fully saturated rings. The fraction of sp³-hybridized carbons (Fsp3) is 0.250. The fourth-order valence-corrected chi connectivity index (χ4v) is 3.79. The number of ether oxygens (including phenoxy) is 3. The third kappa shape index (κ3) is 3.92. The van der Waals surface area contributed by atoms with Crippen LogP contribution >= 0.6 is 0 Å². The van der Waals surface area contributed by atoms with Gasteiger partial charge in [0.2, 0.25) is 11.8 Å². The van der Waals surface area contributed by atoms with Crippen LogP contribution in [0.5, 0.6) is 17.4 Å². The van der Waals surface area contributed by atoms with Crippen molar-refractivity contribution in [3.8, 4) is 23.4 Å². The molecule has 3 aromatic rings. The Morgan fingerprint density at radius 1 is 1.16 bits per heavy atom. The largest absolute Gasteiger partial charge is 0.490 e. The molecule has 7 nitrogen and oxygen atoms in total. The lowest BCUT2D eigenvalue weighted by Crippen LogP contribution is -2.21. The molecule has 1 aliphatic rings. The number of rotatable bonds is 6. The predicted octanol–water partition coefficient (Wildman–Crippen LogP) is 4.22. The van der Waals surface area contributed by atoms with Crippen LogP contribution in [-0.2, 0) is 6.61 Å². The first kappa shape index (κ1) is 20.4. The summed E-state index contributed by atoms with van der Waals surface area (Å²) >= 11 is 0. The summed E-state index contributed by atoms with van der Waals surface area (Å²) in [5.41, 5.74) is 11.1. The first-order valence-corrected chi connectivity index (χ1v) is 10.1. The van der Waals surface area contributed by atoms with Gasteiger partial charge in [0.05, 0.1) is 12.5 Å². The van der Waals surface area contributed by atoms with Crippen molar-refractivity contribution in [3.05, 3.63) is 81.9 Å². The van der Waals surface area contributed by atoms with Gasteiger partial charge in [0.25, 0.3) is 0 Å². The van der Waals surface area contributed by atoms with Crippen LogP contribution in [0.15, 0.2) is 53.9 Å². The summed E-state index contributed by atoms with van der Waals surface area (Å²) in [7, 11) is 0. The quantitative estimate of drug-likeness (QED) is 0.623. The molecule has 1 aliphatic heterocycles. The van der Waals surface area contributed by atoms with Crippen molar-refractivity contribution in [2.45, 2.75) is 33.3 Å². The molecule has 0 amide bonds. The highest BCUT2D eigenvalue weighted by Crippen LogP contribution is 2.44. The normalized spacial score (nSPS) is 15.1. The number of aromatic nitrogens is 2. The van der Waals surface area contributed by atoms with Gasteiger partial charge in [0, 0.05) is 11.3 Å². The summed E-state index contributed by atoms with van der Waals surface area (Å²) in [6, 6.07) is 16.1. The van der Waals surface area contributed by atoms with Crippen molar-refractivity contribution in [3.63, 3.8) is 0 Å². The van der Waals surface area contributed by atoms with E-state index in [9.17, 15) is 5.26 Å². The molecule has 1 unspecified atom stereocenters. The van der Waals surface area contributed by atoms with Gasteiger partial charge in [-0.2, -0.15) is 5.26 Å². The van der Waals surface area contributed by atoms with E-state index >= 15 is 0 Å². The third-order valence-corrected chi connectivity index (χ3v) is 5.21. The van der Waals surface area contributed by atoms with Crippen LogP contribution in [0.3, 0.4) is 0 Å². The molecular formula is C24H24N4O3. The smallest absolute Gasteiger partial charge is 0.244 e. The summed E-state index contributed by atoms with van der Waals surface area (Å²) in [4.78, 5) is 0. The van der Waals surface area contributed by atoms with E-state index < -0.39 is 5.92 Å². The van der Waals surface area contributed by atoms with Gasteiger partial charge >= 0.3 is 0 Å². The number of hydrogen-bond acceptors (Lipinski definition) is 6. The Labute approximate surface area is 181 Å². The van der Waals surface area contributed by atoms with E-state index in [1.807, 2.05) is 44.2 Å². The number of aromatic amines is 1. The van der Waals surface area contributed by atoms with E-state index in [2.05, 4.69) is 35.3 Å². The number of hydrogen-bond donors (Lipinski definition) is 2. The number of aryl methyl sites for hydroxylation is 2. The van der Waals surface area contributed by atoms with Crippen molar-refractivity contribution in [1.29, 1.82) is 5.26 Å². The van der Waals surface area contributed by atoms with Gasteiger partial charge in [-0.25, -0.2) is 0 Å². The lowest BCUT2D eigenvalue weighted by molar-refractivity contribution is 0.269. The highest BCUT2D eigenvalue weighted by atomic mass is 16.5. The number of allylic oxidation sites excluding steroid dienone is 1. The summed E-state index contributed by atoms with van der Waals surface area (Å²) in [5.74, 6) is 1.29. The Morgan fingerprint density at radius 2 is 2.00 bits per heavy atom. The summed E-state index contributed by atoms with van der Waals surface area (Å²) in [5, 5.41) is 16.8. The Morgan fingerprint density at radius 3 is 2.74 bits per heavy atom. The van der Waals surface area contributed by atoms with E-state index in [0.29, 0.717) is 36.2 Å². The predicted molar refractivity (Wildman–Crippen MR) is 116 cm³/mol. The third-order valence-electron chi connectivity index (χ3n) is 5.21. The fourth-order valence-electron chi connectivity index (χ4n) is 3.79. The number of fused-ring (bicyclic) bond motifs is 1.